The van der Waals surface area contributed by atoms with Crippen molar-refractivity contribution in [3.63, 3.8) is 0 Å². The second-order valence-electron chi connectivity index (χ2n) is 6.21. The number of hydrogen-bond donors (Lipinski definition) is 1. The topological polar surface area (TPSA) is 85.3 Å². The maximum Gasteiger partial charge on any atom is 0.230 e. The SMILES string of the molecule is C[C@H]1CC[C@H](C(N)=O)CN1Cc1nnc(Cc2ccccc2)o1. The smallest absolute Gasteiger partial charge is 0.230 e. The molecule has 3 rings (SSSR count). The van der Waals surface area contributed by atoms with Crippen molar-refractivity contribution >= 4 is 5.91 Å². The van der Waals surface area contributed by atoms with Gasteiger partial charge in [-0.25, -0.2) is 0 Å². The van der Waals surface area contributed by atoms with Crippen LogP contribution in [0.1, 0.15) is 37.1 Å². The van der Waals surface area contributed by atoms with Crippen LogP contribution in [0.15, 0.2) is 34.7 Å². The molecule has 0 spiro atoms. The number of piperidine rings is 1. The van der Waals surface area contributed by atoms with E-state index in [1.807, 2.05) is 30.3 Å². The number of rotatable bonds is 5. The minimum atomic E-state index is -0.225. The van der Waals surface area contributed by atoms with Gasteiger partial charge in [0.15, 0.2) is 0 Å². The van der Waals surface area contributed by atoms with Crippen LogP contribution in [0.5, 0.6) is 0 Å². The van der Waals surface area contributed by atoms with Gasteiger partial charge in [-0.15, -0.1) is 10.2 Å². The number of primary amides is 1. The molecule has 0 unspecified atom stereocenters. The normalized spacial score (nSPS) is 22.1. The molecule has 122 valence electrons. The molecule has 6 nitrogen and oxygen atoms in total. The van der Waals surface area contributed by atoms with Gasteiger partial charge in [-0.05, 0) is 25.3 Å². The summed E-state index contributed by atoms with van der Waals surface area (Å²) in [5.41, 5.74) is 6.58. The van der Waals surface area contributed by atoms with Crippen molar-refractivity contribution in [1.29, 1.82) is 0 Å². The van der Waals surface area contributed by atoms with Gasteiger partial charge >= 0.3 is 0 Å². The number of carbonyl (C=O) groups excluding carboxylic acids is 1. The Morgan fingerprint density at radius 2 is 2.00 bits per heavy atom. The highest BCUT2D eigenvalue weighted by molar-refractivity contribution is 5.76. The lowest BCUT2D eigenvalue weighted by Crippen LogP contribution is -2.45. The summed E-state index contributed by atoms with van der Waals surface area (Å²) >= 11 is 0. The minimum absolute atomic E-state index is 0.0853. The van der Waals surface area contributed by atoms with Crippen molar-refractivity contribution in [2.24, 2.45) is 11.7 Å². The number of carbonyl (C=O) groups is 1. The first-order chi connectivity index (χ1) is 11.1. The number of benzene rings is 1. The Balaban J connectivity index is 1.63. The first-order valence-corrected chi connectivity index (χ1v) is 8.00. The summed E-state index contributed by atoms with van der Waals surface area (Å²) in [6, 6.07) is 10.4. The van der Waals surface area contributed by atoms with E-state index in [1.54, 1.807) is 0 Å². The summed E-state index contributed by atoms with van der Waals surface area (Å²) in [6.45, 7) is 3.37. The quantitative estimate of drug-likeness (QED) is 0.908. The Bertz CT molecular complexity index is 656. The molecule has 1 fully saturated rings. The van der Waals surface area contributed by atoms with Gasteiger partial charge < -0.3 is 10.2 Å². The zero-order valence-corrected chi connectivity index (χ0v) is 13.3. The number of nitrogens with zero attached hydrogens (tertiary/aromatic N) is 3. The van der Waals surface area contributed by atoms with Gasteiger partial charge in [-0.2, -0.15) is 0 Å². The van der Waals surface area contributed by atoms with Crippen molar-refractivity contribution in [3.05, 3.63) is 47.7 Å². The molecule has 0 saturated carbocycles. The van der Waals surface area contributed by atoms with Gasteiger partial charge in [0.2, 0.25) is 17.7 Å². The van der Waals surface area contributed by atoms with Crippen molar-refractivity contribution in [2.45, 2.75) is 38.8 Å². The molecule has 1 aromatic heterocycles. The van der Waals surface area contributed by atoms with E-state index in [1.165, 1.54) is 0 Å². The molecular formula is C17H22N4O2. The van der Waals surface area contributed by atoms with E-state index < -0.39 is 0 Å². The van der Waals surface area contributed by atoms with Crippen molar-refractivity contribution in [2.75, 3.05) is 6.54 Å². The number of aromatic nitrogens is 2. The summed E-state index contributed by atoms with van der Waals surface area (Å²) in [5, 5.41) is 8.26. The molecule has 1 saturated heterocycles. The fraction of sp³-hybridized carbons (Fsp3) is 0.471. The average Bonchev–Trinajstić information content (AvgIpc) is 2.97. The Morgan fingerprint density at radius 1 is 1.26 bits per heavy atom. The van der Waals surface area contributed by atoms with Crippen LogP contribution in [0.4, 0.5) is 0 Å². The Morgan fingerprint density at radius 3 is 2.74 bits per heavy atom. The number of amides is 1. The largest absolute Gasteiger partial charge is 0.424 e. The van der Waals surface area contributed by atoms with Crippen LogP contribution in [0.3, 0.4) is 0 Å². The molecule has 0 aliphatic carbocycles. The highest BCUT2D eigenvalue weighted by atomic mass is 16.4. The second-order valence-corrected chi connectivity index (χ2v) is 6.21. The minimum Gasteiger partial charge on any atom is -0.424 e. The predicted molar refractivity (Wildman–Crippen MR) is 85.3 cm³/mol. The van der Waals surface area contributed by atoms with Gasteiger partial charge in [-0.1, -0.05) is 30.3 Å². The molecule has 23 heavy (non-hydrogen) atoms. The van der Waals surface area contributed by atoms with Crippen LogP contribution >= 0.6 is 0 Å². The number of likely N-dealkylation sites (tertiary alicyclic amines) is 1. The highest BCUT2D eigenvalue weighted by Crippen LogP contribution is 2.23. The average molecular weight is 314 g/mol. The number of hydrogen-bond acceptors (Lipinski definition) is 5. The van der Waals surface area contributed by atoms with Crippen LogP contribution in [0.2, 0.25) is 0 Å². The molecule has 1 amide bonds. The first kappa shape index (κ1) is 15.7. The van der Waals surface area contributed by atoms with Gasteiger partial charge in [0, 0.05) is 12.6 Å². The van der Waals surface area contributed by atoms with Gasteiger partial charge in [0.1, 0.15) is 0 Å². The summed E-state index contributed by atoms with van der Waals surface area (Å²) < 4.78 is 5.75. The van der Waals surface area contributed by atoms with Gasteiger partial charge in [0.05, 0.1) is 18.9 Å². The molecule has 2 atom stereocenters. The van der Waals surface area contributed by atoms with E-state index in [-0.39, 0.29) is 11.8 Å². The van der Waals surface area contributed by atoms with Gasteiger partial charge in [0.25, 0.3) is 0 Å². The molecular weight excluding hydrogens is 292 g/mol. The molecule has 6 heteroatoms. The van der Waals surface area contributed by atoms with E-state index in [0.29, 0.717) is 37.3 Å². The predicted octanol–water partition coefficient (Wildman–Crippen LogP) is 1.75. The lowest BCUT2D eigenvalue weighted by molar-refractivity contribution is -0.124. The molecule has 2 heterocycles. The van der Waals surface area contributed by atoms with E-state index in [2.05, 4.69) is 22.0 Å². The van der Waals surface area contributed by atoms with Crippen LogP contribution in [0, 0.1) is 5.92 Å². The first-order valence-electron chi connectivity index (χ1n) is 8.00. The van der Waals surface area contributed by atoms with Gasteiger partial charge in [-0.3, -0.25) is 9.69 Å². The van der Waals surface area contributed by atoms with Crippen LogP contribution in [-0.4, -0.2) is 33.6 Å². The molecule has 1 aliphatic rings. The molecule has 0 bridgehead atoms. The Kier molecular flexibility index (Phi) is 4.71. The third-order valence-corrected chi connectivity index (χ3v) is 4.46. The molecule has 0 radical (unpaired) electrons. The standard InChI is InChI=1S/C17H22N4O2/c1-12-7-8-14(17(18)22)10-21(12)11-16-20-19-15(23-16)9-13-5-3-2-4-6-13/h2-6,12,14H,7-11H2,1H3,(H2,18,22)/t12-,14-/m0/s1. The van der Waals surface area contributed by atoms with E-state index in [0.717, 1.165) is 18.4 Å². The summed E-state index contributed by atoms with van der Waals surface area (Å²) in [6.07, 6.45) is 2.45. The van der Waals surface area contributed by atoms with Crippen molar-refractivity contribution in [3.8, 4) is 0 Å². The van der Waals surface area contributed by atoms with Crippen molar-refractivity contribution in [1.82, 2.24) is 15.1 Å². The van der Waals surface area contributed by atoms with E-state index in [9.17, 15) is 4.79 Å². The summed E-state index contributed by atoms with van der Waals surface area (Å²) in [5.74, 6) is 0.894. The Hall–Kier alpha value is -2.21. The summed E-state index contributed by atoms with van der Waals surface area (Å²) in [7, 11) is 0. The fourth-order valence-corrected chi connectivity index (χ4v) is 3.00. The lowest BCUT2D eigenvalue weighted by Gasteiger charge is -2.35. The zero-order chi connectivity index (χ0) is 16.2. The third kappa shape index (κ3) is 3.96. The monoisotopic (exact) mass is 314 g/mol. The maximum atomic E-state index is 11.4. The highest BCUT2D eigenvalue weighted by Gasteiger charge is 2.29. The van der Waals surface area contributed by atoms with Crippen LogP contribution in [-0.2, 0) is 17.8 Å². The molecule has 1 aromatic carbocycles. The second kappa shape index (κ2) is 6.91. The third-order valence-electron chi connectivity index (χ3n) is 4.46. The molecule has 2 aromatic rings. The summed E-state index contributed by atoms with van der Waals surface area (Å²) in [4.78, 5) is 13.6. The van der Waals surface area contributed by atoms with Crippen molar-refractivity contribution < 1.29 is 9.21 Å². The maximum absolute atomic E-state index is 11.4. The lowest BCUT2D eigenvalue weighted by atomic mass is 9.93. The Labute approximate surface area is 135 Å². The van der Waals surface area contributed by atoms with Crippen LogP contribution in [0.25, 0.3) is 0 Å². The fourth-order valence-electron chi connectivity index (χ4n) is 3.00. The molecule has 2 N–H and O–H groups in total. The zero-order valence-electron chi connectivity index (χ0n) is 13.3. The van der Waals surface area contributed by atoms with E-state index >= 15 is 0 Å². The van der Waals surface area contributed by atoms with E-state index in [4.69, 9.17) is 10.2 Å². The molecule has 1 aliphatic heterocycles. The number of nitrogens with two attached hydrogens (primary N) is 1. The van der Waals surface area contributed by atoms with Crippen LogP contribution < -0.4 is 5.73 Å².